The molecule has 1 aliphatic rings. The highest BCUT2D eigenvalue weighted by Gasteiger charge is 2.24. The standard InChI is InChI=1S/C16H20BrN5S/c1-18-22-16(11-4-2-3-5-11)23-10-20-15-7-6-13-14(21-15)8-12(17)9-19-13/h6-9,11,16,22H,1-5,10H2,(H,20,21). The molecular weight excluding hydrogens is 374 g/mol. The number of hydrogen-bond acceptors (Lipinski definition) is 6. The zero-order valence-corrected chi connectivity index (χ0v) is 15.2. The van der Waals surface area contributed by atoms with Crippen LogP contribution >= 0.6 is 27.7 Å². The molecule has 2 aromatic rings. The zero-order chi connectivity index (χ0) is 16.1. The van der Waals surface area contributed by atoms with E-state index in [1.54, 1.807) is 6.20 Å². The van der Waals surface area contributed by atoms with Gasteiger partial charge in [0.1, 0.15) is 5.82 Å². The quantitative estimate of drug-likeness (QED) is 0.418. The molecule has 0 radical (unpaired) electrons. The average molecular weight is 394 g/mol. The van der Waals surface area contributed by atoms with Crippen LogP contribution in [-0.2, 0) is 0 Å². The third-order valence-electron chi connectivity index (χ3n) is 4.07. The van der Waals surface area contributed by atoms with Crippen LogP contribution in [0.15, 0.2) is 34.0 Å². The van der Waals surface area contributed by atoms with E-state index in [1.807, 2.05) is 30.0 Å². The number of nitrogens with one attached hydrogen (secondary N) is 2. The lowest BCUT2D eigenvalue weighted by Gasteiger charge is -2.22. The molecule has 1 unspecified atom stereocenters. The molecule has 3 rings (SSSR count). The number of thioether (sulfide) groups is 1. The van der Waals surface area contributed by atoms with Crippen molar-refractivity contribution < 1.29 is 0 Å². The molecule has 0 aromatic carbocycles. The maximum absolute atomic E-state index is 4.60. The van der Waals surface area contributed by atoms with Gasteiger partial charge in [-0.1, -0.05) is 12.8 Å². The second kappa shape index (κ2) is 7.97. The van der Waals surface area contributed by atoms with Crippen molar-refractivity contribution in [2.45, 2.75) is 31.1 Å². The molecule has 122 valence electrons. The molecular formula is C16H20BrN5S. The molecule has 1 atom stereocenters. The third-order valence-corrected chi connectivity index (χ3v) is 5.66. The molecule has 2 N–H and O–H groups in total. The Balaban J connectivity index is 1.59. The van der Waals surface area contributed by atoms with E-state index in [1.165, 1.54) is 25.7 Å². The molecule has 0 aliphatic heterocycles. The van der Waals surface area contributed by atoms with E-state index < -0.39 is 0 Å². The highest BCUT2D eigenvalue weighted by atomic mass is 79.9. The Morgan fingerprint density at radius 2 is 2.17 bits per heavy atom. The van der Waals surface area contributed by atoms with Crippen LogP contribution < -0.4 is 10.7 Å². The van der Waals surface area contributed by atoms with Gasteiger partial charge in [0.2, 0.25) is 0 Å². The van der Waals surface area contributed by atoms with Crippen molar-refractivity contribution in [2.24, 2.45) is 11.0 Å². The fourth-order valence-electron chi connectivity index (χ4n) is 2.91. The van der Waals surface area contributed by atoms with Crippen LogP contribution in [0.25, 0.3) is 11.0 Å². The van der Waals surface area contributed by atoms with Gasteiger partial charge in [-0.2, -0.15) is 5.10 Å². The van der Waals surface area contributed by atoms with Crippen molar-refractivity contribution in [2.75, 3.05) is 11.2 Å². The first-order valence-corrected chi connectivity index (χ1v) is 9.59. The van der Waals surface area contributed by atoms with Gasteiger partial charge in [-0.25, -0.2) is 4.98 Å². The predicted octanol–water partition coefficient (Wildman–Crippen LogP) is 4.22. The number of rotatable bonds is 7. The number of anilines is 1. The van der Waals surface area contributed by atoms with Crippen molar-refractivity contribution >= 4 is 51.3 Å². The molecule has 0 bridgehead atoms. The van der Waals surface area contributed by atoms with E-state index in [0.29, 0.717) is 11.3 Å². The van der Waals surface area contributed by atoms with Crippen LogP contribution in [0.1, 0.15) is 25.7 Å². The van der Waals surface area contributed by atoms with Gasteiger partial charge < -0.3 is 5.32 Å². The number of hydrogen-bond donors (Lipinski definition) is 2. The Bertz CT molecular complexity index is 675. The summed E-state index contributed by atoms with van der Waals surface area (Å²) in [5, 5.41) is 7.57. The Hall–Kier alpha value is -1.34. The van der Waals surface area contributed by atoms with Gasteiger partial charge >= 0.3 is 0 Å². The first kappa shape index (κ1) is 16.5. The van der Waals surface area contributed by atoms with Gasteiger partial charge in [0.25, 0.3) is 0 Å². The van der Waals surface area contributed by atoms with Gasteiger partial charge in [-0.15, -0.1) is 11.8 Å². The number of hydrazone groups is 1. The third kappa shape index (κ3) is 4.35. The summed E-state index contributed by atoms with van der Waals surface area (Å²) in [5.74, 6) is 2.32. The summed E-state index contributed by atoms with van der Waals surface area (Å²) >= 11 is 5.26. The Kier molecular flexibility index (Phi) is 5.72. The van der Waals surface area contributed by atoms with Crippen LogP contribution in [-0.4, -0.2) is 27.9 Å². The Morgan fingerprint density at radius 3 is 2.96 bits per heavy atom. The minimum atomic E-state index is 0.318. The first-order chi connectivity index (χ1) is 11.3. The molecule has 5 nitrogen and oxygen atoms in total. The molecule has 2 heterocycles. The monoisotopic (exact) mass is 393 g/mol. The molecule has 1 fully saturated rings. The van der Waals surface area contributed by atoms with Crippen LogP contribution in [0.5, 0.6) is 0 Å². The van der Waals surface area contributed by atoms with Crippen LogP contribution in [0.4, 0.5) is 5.82 Å². The SMILES string of the molecule is C=NNC(SCNc1ccc2ncc(Br)cc2n1)C1CCCC1. The second-order valence-corrected chi connectivity index (χ2v) is 7.67. The lowest BCUT2D eigenvalue weighted by molar-refractivity contribution is 0.467. The summed E-state index contributed by atoms with van der Waals surface area (Å²) < 4.78 is 0.937. The molecule has 7 heteroatoms. The average Bonchev–Trinajstić information content (AvgIpc) is 3.08. The number of nitrogens with zero attached hydrogens (tertiary/aromatic N) is 3. The van der Waals surface area contributed by atoms with E-state index in [2.05, 4.69) is 48.5 Å². The largest absolute Gasteiger partial charge is 0.361 e. The Labute approximate surface area is 148 Å². The molecule has 23 heavy (non-hydrogen) atoms. The molecule has 0 amide bonds. The smallest absolute Gasteiger partial charge is 0.127 e. The molecule has 2 aromatic heterocycles. The maximum atomic E-state index is 4.60. The fourth-order valence-corrected chi connectivity index (χ4v) is 4.34. The van der Waals surface area contributed by atoms with Crippen molar-refractivity contribution in [1.82, 2.24) is 15.4 Å². The summed E-state index contributed by atoms with van der Waals surface area (Å²) in [6.07, 6.45) is 6.97. The van der Waals surface area contributed by atoms with E-state index in [9.17, 15) is 0 Å². The van der Waals surface area contributed by atoms with Gasteiger partial charge in [0.05, 0.1) is 22.3 Å². The number of aromatic nitrogens is 2. The van der Waals surface area contributed by atoms with Crippen LogP contribution in [0.3, 0.4) is 0 Å². The molecule has 1 aliphatic carbocycles. The van der Waals surface area contributed by atoms with E-state index in [0.717, 1.165) is 27.2 Å². The van der Waals surface area contributed by atoms with Crippen molar-refractivity contribution in [1.29, 1.82) is 0 Å². The minimum Gasteiger partial charge on any atom is -0.361 e. The summed E-state index contributed by atoms with van der Waals surface area (Å²) in [6.45, 7) is 3.56. The summed E-state index contributed by atoms with van der Waals surface area (Å²) in [5.41, 5.74) is 4.93. The second-order valence-electron chi connectivity index (χ2n) is 5.63. The summed E-state index contributed by atoms with van der Waals surface area (Å²) in [4.78, 5) is 8.94. The Morgan fingerprint density at radius 1 is 1.35 bits per heavy atom. The van der Waals surface area contributed by atoms with Crippen molar-refractivity contribution in [3.8, 4) is 0 Å². The van der Waals surface area contributed by atoms with Gasteiger partial charge in [-0.3, -0.25) is 10.4 Å². The highest BCUT2D eigenvalue weighted by Crippen LogP contribution is 2.32. The predicted molar refractivity (Wildman–Crippen MR) is 102 cm³/mol. The zero-order valence-electron chi connectivity index (χ0n) is 12.8. The topological polar surface area (TPSA) is 62.2 Å². The van der Waals surface area contributed by atoms with E-state index in [-0.39, 0.29) is 0 Å². The minimum absolute atomic E-state index is 0.318. The van der Waals surface area contributed by atoms with Gasteiger partial charge in [0, 0.05) is 17.4 Å². The molecule has 0 spiro atoms. The van der Waals surface area contributed by atoms with Gasteiger partial charge in [0.15, 0.2) is 0 Å². The highest BCUT2D eigenvalue weighted by molar-refractivity contribution is 9.10. The van der Waals surface area contributed by atoms with Crippen LogP contribution in [0.2, 0.25) is 0 Å². The normalized spacial score (nSPS) is 16.4. The number of pyridine rings is 2. The lowest BCUT2D eigenvalue weighted by atomic mass is 10.1. The van der Waals surface area contributed by atoms with Crippen LogP contribution in [0, 0.1) is 5.92 Å². The lowest BCUT2D eigenvalue weighted by Crippen LogP contribution is -2.29. The van der Waals surface area contributed by atoms with Crippen molar-refractivity contribution in [3.63, 3.8) is 0 Å². The van der Waals surface area contributed by atoms with Gasteiger partial charge in [-0.05, 0) is 52.9 Å². The molecule has 1 saturated carbocycles. The summed E-state index contributed by atoms with van der Waals surface area (Å²) in [7, 11) is 0. The maximum Gasteiger partial charge on any atom is 0.127 e. The van der Waals surface area contributed by atoms with E-state index in [4.69, 9.17) is 0 Å². The fraction of sp³-hybridized carbons (Fsp3) is 0.438. The van der Waals surface area contributed by atoms with E-state index >= 15 is 0 Å². The number of fused-ring (bicyclic) bond motifs is 1. The number of halogens is 1. The van der Waals surface area contributed by atoms with Crippen molar-refractivity contribution in [3.05, 3.63) is 28.9 Å². The first-order valence-electron chi connectivity index (χ1n) is 7.75. The summed E-state index contributed by atoms with van der Waals surface area (Å²) in [6, 6.07) is 5.93. The molecule has 0 saturated heterocycles.